The average Bonchev–Trinajstić information content (AvgIpc) is 3.70. The Morgan fingerprint density at radius 1 is 0.382 bits per heavy atom. The predicted octanol–water partition coefficient (Wildman–Crippen LogP) is 15.0. The Labute approximate surface area is 320 Å². The molecule has 10 aromatic rings. The first-order chi connectivity index (χ1) is 27.0. The van der Waals surface area contributed by atoms with Crippen molar-refractivity contribution in [2.24, 2.45) is 0 Å². The summed E-state index contributed by atoms with van der Waals surface area (Å²) in [7, 11) is 0. The number of hydrogen-bond acceptors (Lipinski definition) is 2. The highest BCUT2D eigenvalue weighted by Crippen LogP contribution is 2.51. The smallest absolute Gasteiger partial charge is 0.136 e. The third-order valence-electron chi connectivity index (χ3n) is 11.8. The maximum atomic E-state index is 6.25. The summed E-state index contributed by atoms with van der Waals surface area (Å²) in [6, 6.07) is 68.6. The van der Waals surface area contributed by atoms with Crippen molar-refractivity contribution < 1.29 is 4.42 Å². The first-order valence-corrected chi connectivity index (χ1v) is 19.1. The van der Waals surface area contributed by atoms with Crippen LogP contribution in [0.4, 0.5) is 17.1 Å². The van der Waals surface area contributed by atoms with Gasteiger partial charge in [-0.1, -0.05) is 141 Å². The molecule has 1 aliphatic rings. The van der Waals surface area contributed by atoms with E-state index in [9.17, 15) is 0 Å². The van der Waals surface area contributed by atoms with Gasteiger partial charge in [0.1, 0.15) is 11.2 Å². The summed E-state index contributed by atoms with van der Waals surface area (Å²) in [6.07, 6.45) is 0. The van der Waals surface area contributed by atoms with Crippen molar-refractivity contribution in [1.82, 2.24) is 0 Å². The molecule has 0 radical (unpaired) electrons. The van der Waals surface area contributed by atoms with Gasteiger partial charge in [0.15, 0.2) is 0 Å². The van der Waals surface area contributed by atoms with Crippen LogP contribution in [0.1, 0.15) is 25.0 Å². The normalized spacial score (nSPS) is 13.1. The molecule has 0 fully saturated rings. The van der Waals surface area contributed by atoms with Gasteiger partial charge in [-0.05, 0) is 121 Å². The molecule has 260 valence electrons. The van der Waals surface area contributed by atoms with E-state index in [1.165, 1.54) is 66.1 Å². The molecule has 11 rings (SSSR count). The molecule has 0 atom stereocenters. The second kappa shape index (κ2) is 12.1. The van der Waals surface area contributed by atoms with E-state index >= 15 is 0 Å². The highest BCUT2D eigenvalue weighted by Gasteiger charge is 2.35. The number of para-hydroxylation sites is 2. The molecule has 2 nitrogen and oxygen atoms in total. The molecule has 55 heavy (non-hydrogen) atoms. The van der Waals surface area contributed by atoms with Gasteiger partial charge in [0.2, 0.25) is 0 Å². The second-order valence-corrected chi connectivity index (χ2v) is 15.4. The quantitative estimate of drug-likeness (QED) is 0.177. The minimum Gasteiger partial charge on any atom is -0.456 e. The van der Waals surface area contributed by atoms with Gasteiger partial charge in [-0.3, -0.25) is 0 Å². The van der Waals surface area contributed by atoms with Crippen LogP contribution in [0.25, 0.3) is 76.9 Å². The van der Waals surface area contributed by atoms with Crippen LogP contribution < -0.4 is 4.90 Å². The van der Waals surface area contributed by atoms with Crippen LogP contribution in [0.5, 0.6) is 0 Å². The molecule has 0 amide bonds. The molecule has 1 aliphatic carbocycles. The number of nitrogens with zero attached hydrogens (tertiary/aromatic N) is 1. The average molecular weight is 704 g/mol. The van der Waals surface area contributed by atoms with Gasteiger partial charge in [-0.15, -0.1) is 0 Å². The molecule has 0 saturated heterocycles. The van der Waals surface area contributed by atoms with Gasteiger partial charge in [0.25, 0.3) is 0 Å². The molecule has 9 aromatic carbocycles. The first kappa shape index (κ1) is 31.6. The standard InChI is InChI=1S/C53H37NO/c1-53(2)48-16-8-5-14-44(48)46-33-42(27-28-49(46)53)54(50-17-9-6-13-43(50)39-22-19-34-11-3-4-12-36(34)29-39)41-25-23-35(24-26-41)37-20-21-38-31-47-45-15-7-10-18-51(45)55-52(47)32-40(38)30-37/h3-33H,1-2H3. The molecule has 0 unspecified atom stereocenters. The van der Waals surface area contributed by atoms with Crippen molar-refractivity contribution in [2.45, 2.75) is 19.3 Å². The maximum absolute atomic E-state index is 6.25. The minimum absolute atomic E-state index is 0.0595. The summed E-state index contributed by atoms with van der Waals surface area (Å²) in [4.78, 5) is 2.43. The summed E-state index contributed by atoms with van der Waals surface area (Å²) < 4.78 is 6.25. The minimum atomic E-state index is -0.0595. The van der Waals surface area contributed by atoms with Crippen LogP contribution in [0, 0.1) is 0 Å². The number of hydrogen-bond donors (Lipinski definition) is 0. The molecule has 0 aliphatic heterocycles. The lowest BCUT2D eigenvalue weighted by Crippen LogP contribution is -2.15. The topological polar surface area (TPSA) is 16.4 Å². The van der Waals surface area contributed by atoms with Gasteiger partial charge in [0, 0.05) is 33.1 Å². The lowest BCUT2D eigenvalue weighted by atomic mass is 9.82. The third-order valence-corrected chi connectivity index (χ3v) is 11.8. The van der Waals surface area contributed by atoms with Crippen LogP contribution in [0.3, 0.4) is 0 Å². The summed E-state index contributed by atoms with van der Waals surface area (Å²) in [6.45, 7) is 4.68. The van der Waals surface area contributed by atoms with Crippen LogP contribution in [0.15, 0.2) is 192 Å². The van der Waals surface area contributed by atoms with Gasteiger partial charge in [-0.2, -0.15) is 0 Å². The molecule has 1 aromatic heterocycles. The number of anilines is 3. The summed E-state index contributed by atoms with van der Waals surface area (Å²) >= 11 is 0. The Kier molecular flexibility index (Phi) is 6.93. The van der Waals surface area contributed by atoms with E-state index in [2.05, 4.69) is 195 Å². The van der Waals surface area contributed by atoms with Crippen molar-refractivity contribution in [1.29, 1.82) is 0 Å². The molecular weight excluding hydrogens is 667 g/mol. The zero-order valence-corrected chi connectivity index (χ0v) is 30.8. The third kappa shape index (κ3) is 5.02. The fourth-order valence-electron chi connectivity index (χ4n) is 8.99. The Bertz CT molecular complexity index is 3130. The van der Waals surface area contributed by atoms with Crippen molar-refractivity contribution in [3.63, 3.8) is 0 Å². The lowest BCUT2D eigenvalue weighted by molar-refractivity contribution is 0.660. The number of fused-ring (bicyclic) bond motifs is 8. The van der Waals surface area contributed by atoms with Crippen LogP contribution in [-0.2, 0) is 5.41 Å². The highest BCUT2D eigenvalue weighted by molar-refractivity contribution is 6.10. The van der Waals surface area contributed by atoms with Gasteiger partial charge in [0.05, 0.1) is 5.69 Å². The number of furan rings is 1. The Morgan fingerprint density at radius 2 is 1.02 bits per heavy atom. The number of benzene rings is 9. The van der Waals surface area contributed by atoms with E-state index in [1.807, 2.05) is 12.1 Å². The van der Waals surface area contributed by atoms with E-state index in [0.29, 0.717) is 0 Å². The zero-order valence-electron chi connectivity index (χ0n) is 30.8. The molecular formula is C53H37NO. The second-order valence-electron chi connectivity index (χ2n) is 15.4. The fraction of sp³-hybridized carbons (Fsp3) is 0.0566. The maximum Gasteiger partial charge on any atom is 0.136 e. The van der Waals surface area contributed by atoms with Crippen molar-refractivity contribution in [2.75, 3.05) is 4.90 Å². The van der Waals surface area contributed by atoms with Crippen molar-refractivity contribution >= 4 is 60.5 Å². The van der Waals surface area contributed by atoms with E-state index in [0.717, 1.165) is 39.0 Å². The fourth-order valence-corrected chi connectivity index (χ4v) is 8.99. The molecule has 2 heteroatoms. The van der Waals surface area contributed by atoms with E-state index in [1.54, 1.807) is 0 Å². The lowest BCUT2D eigenvalue weighted by Gasteiger charge is -2.29. The summed E-state index contributed by atoms with van der Waals surface area (Å²) in [5, 5.41) is 7.16. The van der Waals surface area contributed by atoms with E-state index in [-0.39, 0.29) is 5.41 Å². The molecule has 1 heterocycles. The Hall–Kier alpha value is -6.90. The predicted molar refractivity (Wildman–Crippen MR) is 232 cm³/mol. The van der Waals surface area contributed by atoms with Gasteiger partial charge < -0.3 is 9.32 Å². The molecule has 0 bridgehead atoms. The summed E-state index contributed by atoms with van der Waals surface area (Å²) in [5.41, 5.74) is 15.2. The van der Waals surface area contributed by atoms with Crippen molar-refractivity contribution in [3.05, 3.63) is 199 Å². The first-order valence-electron chi connectivity index (χ1n) is 19.1. The number of rotatable bonds is 5. The van der Waals surface area contributed by atoms with Crippen LogP contribution in [0.2, 0.25) is 0 Å². The summed E-state index contributed by atoms with van der Waals surface area (Å²) in [5.74, 6) is 0. The van der Waals surface area contributed by atoms with Crippen LogP contribution in [-0.4, -0.2) is 0 Å². The van der Waals surface area contributed by atoms with Crippen molar-refractivity contribution in [3.8, 4) is 33.4 Å². The molecule has 0 spiro atoms. The largest absolute Gasteiger partial charge is 0.456 e. The molecule has 0 N–H and O–H groups in total. The highest BCUT2D eigenvalue weighted by atomic mass is 16.3. The van der Waals surface area contributed by atoms with E-state index in [4.69, 9.17) is 4.42 Å². The Balaban J connectivity index is 1.05. The van der Waals surface area contributed by atoms with Gasteiger partial charge in [-0.25, -0.2) is 0 Å². The zero-order chi connectivity index (χ0) is 36.7. The SMILES string of the molecule is CC1(C)c2ccccc2-c2cc(N(c3ccc(-c4ccc5cc6c(cc5c4)oc4ccccc46)cc3)c3ccccc3-c3ccc4ccccc4c3)ccc21. The van der Waals surface area contributed by atoms with Crippen LogP contribution >= 0.6 is 0 Å². The monoisotopic (exact) mass is 703 g/mol. The van der Waals surface area contributed by atoms with E-state index < -0.39 is 0 Å². The molecule has 0 saturated carbocycles. The van der Waals surface area contributed by atoms with Gasteiger partial charge >= 0.3 is 0 Å². The Morgan fingerprint density at radius 3 is 1.91 bits per heavy atom.